The molecule has 3 rings (SSSR count). The van der Waals surface area contributed by atoms with Gasteiger partial charge in [-0.1, -0.05) is 47.1 Å². The Kier molecular flexibility index (Phi) is 4.88. The molecular weight excluding hydrogens is 354 g/mol. The third kappa shape index (κ3) is 4.16. The molecule has 0 aliphatic rings. The maximum atomic E-state index is 12.2. The molecule has 3 aromatic rings. The minimum Gasteiger partial charge on any atom is -0.355 e. The van der Waals surface area contributed by atoms with E-state index in [4.69, 9.17) is 9.66 Å². The van der Waals surface area contributed by atoms with Gasteiger partial charge in [0.05, 0.1) is 4.90 Å². The smallest absolute Gasteiger partial charge is 0.273 e. The van der Waals surface area contributed by atoms with E-state index >= 15 is 0 Å². The normalized spacial score (nSPS) is 11.3. The van der Waals surface area contributed by atoms with Gasteiger partial charge in [-0.15, -0.1) is 0 Å². The highest BCUT2D eigenvalue weighted by molar-refractivity contribution is 7.89. The molecular formula is C18H17N3O4S. The standard InChI is InChI=1S/C18H17N3O4S/c1-12-2-6-14(7-3-12)17-10-16(21-25-17)18(22)20-11-13-4-8-15(9-5-13)26(19,23)24/h2-10H,11H2,1H3,(H,20,22)(H2,19,23,24). The number of carbonyl (C=O) groups is 1. The summed E-state index contributed by atoms with van der Waals surface area (Å²) in [5.74, 6) is 0.121. The van der Waals surface area contributed by atoms with Crippen LogP contribution in [0.3, 0.4) is 0 Å². The number of hydrogen-bond donors (Lipinski definition) is 2. The van der Waals surface area contributed by atoms with Gasteiger partial charge in [0.25, 0.3) is 5.91 Å². The number of rotatable bonds is 5. The van der Waals surface area contributed by atoms with Crippen molar-refractivity contribution in [2.45, 2.75) is 18.4 Å². The van der Waals surface area contributed by atoms with Gasteiger partial charge in [-0.25, -0.2) is 13.6 Å². The van der Waals surface area contributed by atoms with Gasteiger partial charge in [0, 0.05) is 18.2 Å². The van der Waals surface area contributed by atoms with E-state index in [0.29, 0.717) is 5.76 Å². The molecule has 8 heteroatoms. The molecule has 0 spiro atoms. The molecule has 0 aliphatic carbocycles. The summed E-state index contributed by atoms with van der Waals surface area (Å²) in [7, 11) is -3.73. The van der Waals surface area contributed by atoms with Crippen molar-refractivity contribution in [3.63, 3.8) is 0 Å². The third-order valence-corrected chi connectivity index (χ3v) is 4.71. The first kappa shape index (κ1) is 17.8. The summed E-state index contributed by atoms with van der Waals surface area (Å²) in [5, 5.41) is 11.5. The van der Waals surface area contributed by atoms with Crippen molar-refractivity contribution < 1.29 is 17.7 Å². The van der Waals surface area contributed by atoms with Crippen LogP contribution in [-0.4, -0.2) is 19.5 Å². The molecule has 1 amide bonds. The summed E-state index contributed by atoms with van der Waals surface area (Å²) < 4.78 is 27.7. The average Bonchev–Trinajstić information content (AvgIpc) is 3.10. The number of nitrogens with zero attached hydrogens (tertiary/aromatic N) is 1. The van der Waals surface area contributed by atoms with E-state index in [0.717, 1.165) is 16.7 Å². The van der Waals surface area contributed by atoms with Crippen molar-refractivity contribution >= 4 is 15.9 Å². The fourth-order valence-electron chi connectivity index (χ4n) is 2.31. The van der Waals surface area contributed by atoms with Crippen molar-refractivity contribution in [2.24, 2.45) is 5.14 Å². The fraction of sp³-hybridized carbons (Fsp3) is 0.111. The predicted octanol–water partition coefficient (Wildman–Crippen LogP) is 2.23. The van der Waals surface area contributed by atoms with Gasteiger partial charge in [-0.2, -0.15) is 0 Å². The second-order valence-electron chi connectivity index (χ2n) is 5.81. The topological polar surface area (TPSA) is 115 Å². The van der Waals surface area contributed by atoms with Crippen LogP contribution in [-0.2, 0) is 16.6 Å². The van der Waals surface area contributed by atoms with Crippen LogP contribution < -0.4 is 10.5 Å². The Morgan fingerprint density at radius 1 is 1.12 bits per heavy atom. The van der Waals surface area contributed by atoms with Crippen LogP contribution in [0.1, 0.15) is 21.6 Å². The Morgan fingerprint density at radius 3 is 2.38 bits per heavy atom. The first-order chi connectivity index (χ1) is 12.3. The Balaban J connectivity index is 1.64. The molecule has 0 radical (unpaired) electrons. The highest BCUT2D eigenvalue weighted by atomic mass is 32.2. The zero-order valence-corrected chi connectivity index (χ0v) is 14.8. The lowest BCUT2D eigenvalue weighted by atomic mass is 10.1. The van der Waals surface area contributed by atoms with E-state index in [2.05, 4.69) is 10.5 Å². The zero-order chi connectivity index (χ0) is 18.7. The quantitative estimate of drug-likeness (QED) is 0.713. The average molecular weight is 371 g/mol. The van der Waals surface area contributed by atoms with Gasteiger partial charge < -0.3 is 9.84 Å². The molecule has 0 saturated heterocycles. The van der Waals surface area contributed by atoms with Gasteiger partial charge >= 0.3 is 0 Å². The van der Waals surface area contributed by atoms with Crippen LogP contribution in [0.2, 0.25) is 0 Å². The van der Waals surface area contributed by atoms with Crippen LogP contribution in [0, 0.1) is 6.92 Å². The van der Waals surface area contributed by atoms with E-state index in [1.54, 1.807) is 18.2 Å². The van der Waals surface area contributed by atoms with Crippen LogP contribution >= 0.6 is 0 Å². The van der Waals surface area contributed by atoms with Crippen LogP contribution in [0.4, 0.5) is 0 Å². The van der Waals surface area contributed by atoms with Crippen molar-refractivity contribution in [1.82, 2.24) is 10.5 Å². The Labute approximate surface area is 150 Å². The van der Waals surface area contributed by atoms with Gasteiger partial charge in [-0.05, 0) is 24.6 Å². The lowest BCUT2D eigenvalue weighted by Gasteiger charge is -2.04. The number of primary sulfonamides is 1. The molecule has 1 heterocycles. The van der Waals surface area contributed by atoms with Crippen LogP contribution in [0.25, 0.3) is 11.3 Å². The summed E-state index contributed by atoms with van der Waals surface area (Å²) in [5.41, 5.74) is 2.86. The third-order valence-electron chi connectivity index (χ3n) is 3.78. The fourth-order valence-corrected chi connectivity index (χ4v) is 2.82. The summed E-state index contributed by atoms with van der Waals surface area (Å²) in [6.07, 6.45) is 0. The molecule has 26 heavy (non-hydrogen) atoms. The molecule has 0 unspecified atom stereocenters. The van der Waals surface area contributed by atoms with Gasteiger partial charge in [0.15, 0.2) is 11.5 Å². The summed E-state index contributed by atoms with van der Waals surface area (Å²) in [4.78, 5) is 12.2. The van der Waals surface area contributed by atoms with Crippen molar-refractivity contribution in [2.75, 3.05) is 0 Å². The molecule has 0 bridgehead atoms. The lowest BCUT2D eigenvalue weighted by Crippen LogP contribution is -2.23. The molecule has 0 aliphatic heterocycles. The first-order valence-corrected chi connectivity index (χ1v) is 9.31. The van der Waals surface area contributed by atoms with Crippen molar-refractivity contribution in [3.05, 3.63) is 71.4 Å². The van der Waals surface area contributed by atoms with Crippen molar-refractivity contribution in [1.29, 1.82) is 0 Å². The van der Waals surface area contributed by atoms with Crippen LogP contribution in [0.5, 0.6) is 0 Å². The molecule has 2 aromatic carbocycles. The number of amides is 1. The molecule has 0 fully saturated rings. The highest BCUT2D eigenvalue weighted by Gasteiger charge is 2.14. The Morgan fingerprint density at radius 2 is 1.77 bits per heavy atom. The number of nitrogens with one attached hydrogen (secondary N) is 1. The van der Waals surface area contributed by atoms with E-state index < -0.39 is 10.0 Å². The number of sulfonamides is 1. The van der Waals surface area contributed by atoms with E-state index in [1.165, 1.54) is 12.1 Å². The number of nitrogens with two attached hydrogens (primary N) is 1. The molecule has 0 saturated carbocycles. The molecule has 134 valence electrons. The molecule has 3 N–H and O–H groups in total. The minimum absolute atomic E-state index is 0.0202. The number of aryl methyl sites for hydroxylation is 1. The van der Waals surface area contributed by atoms with E-state index in [1.807, 2.05) is 31.2 Å². The number of aromatic nitrogens is 1. The molecule has 7 nitrogen and oxygen atoms in total. The van der Waals surface area contributed by atoms with Gasteiger partial charge in [-0.3, -0.25) is 4.79 Å². The second-order valence-corrected chi connectivity index (χ2v) is 7.38. The summed E-state index contributed by atoms with van der Waals surface area (Å²) in [6.45, 7) is 2.20. The minimum atomic E-state index is -3.73. The lowest BCUT2D eigenvalue weighted by molar-refractivity contribution is 0.0942. The van der Waals surface area contributed by atoms with E-state index in [-0.39, 0.29) is 23.0 Å². The Bertz CT molecular complexity index is 1020. The van der Waals surface area contributed by atoms with E-state index in [9.17, 15) is 13.2 Å². The largest absolute Gasteiger partial charge is 0.355 e. The van der Waals surface area contributed by atoms with Crippen LogP contribution in [0.15, 0.2) is 64.0 Å². The molecule has 0 atom stereocenters. The van der Waals surface area contributed by atoms with Gasteiger partial charge in [0.1, 0.15) is 0 Å². The monoisotopic (exact) mass is 371 g/mol. The first-order valence-electron chi connectivity index (χ1n) is 7.76. The number of benzene rings is 2. The SMILES string of the molecule is Cc1ccc(-c2cc(C(=O)NCc3ccc(S(N)(=O)=O)cc3)no2)cc1. The summed E-state index contributed by atoms with van der Waals surface area (Å²) >= 11 is 0. The van der Waals surface area contributed by atoms with Gasteiger partial charge in [0.2, 0.25) is 10.0 Å². The van der Waals surface area contributed by atoms with Crippen molar-refractivity contribution in [3.8, 4) is 11.3 Å². The number of hydrogen-bond acceptors (Lipinski definition) is 5. The highest BCUT2D eigenvalue weighted by Crippen LogP contribution is 2.20. The number of carbonyl (C=O) groups excluding carboxylic acids is 1. The second kappa shape index (κ2) is 7.11. The zero-order valence-electron chi connectivity index (χ0n) is 14.0. The molecule has 1 aromatic heterocycles. The summed E-state index contributed by atoms with van der Waals surface area (Å²) in [6, 6.07) is 15.2. The maximum absolute atomic E-state index is 12.2. The Hall–Kier alpha value is -2.97. The maximum Gasteiger partial charge on any atom is 0.273 e. The predicted molar refractivity (Wildman–Crippen MR) is 95.7 cm³/mol.